The summed E-state index contributed by atoms with van der Waals surface area (Å²) in [6.07, 6.45) is 1.39. The summed E-state index contributed by atoms with van der Waals surface area (Å²) >= 11 is 0. The van der Waals surface area contributed by atoms with Gasteiger partial charge in [-0.05, 0) is 29.8 Å². The molecule has 3 rings (SSSR count). The molecular formula is C14H10N4O3. The molecule has 0 aliphatic heterocycles. The third-order valence-electron chi connectivity index (χ3n) is 3.01. The van der Waals surface area contributed by atoms with E-state index in [0.29, 0.717) is 16.5 Å². The van der Waals surface area contributed by atoms with Crippen molar-refractivity contribution in [3.8, 4) is 0 Å². The van der Waals surface area contributed by atoms with Crippen LogP contribution in [0.15, 0.2) is 47.4 Å². The van der Waals surface area contributed by atoms with E-state index in [1.807, 2.05) is 0 Å². The highest BCUT2D eigenvalue weighted by molar-refractivity contribution is 5.85. The molecule has 0 amide bonds. The standard InChI is InChI=1S/C14H10N4O3/c19-13-10-3-1-2-4-11(10)16-17-18(13)8-9-5-6-15-12(7-9)14(20)21/h1-7H,8H2,(H,20,21). The molecule has 3 aromatic rings. The van der Waals surface area contributed by atoms with E-state index in [0.717, 1.165) is 0 Å². The molecule has 1 aromatic carbocycles. The van der Waals surface area contributed by atoms with Gasteiger partial charge in [-0.3, -0.25) is 4.79 Å². The predicted molar refractivity (Wildman–Crippen MR) is 74.1 cm³/mol. The van der Waals surface area contributed by atoms with Gasteiger partial charge in [0.15, 0.2) is 0 Å². The van der Waals surface area contributed by atoms with Gasteiger partial charge < -0.3 is 5.11 Å². The number of rotatable bonds is 3. The van der Waals surface area contributed by atoms with Crippen LogP contribution in [0.1, 0.15) is 16.1 Å². The molecule has 0 saturated heterocycles. The quantitative estimate of drug-likeness (QED) is 0.767. The highest BCUT2D eigenvalue weighted by atomic mass is 16.4. The van der Waals surface area contributed by atoms with Crippen LogP contribution in [-0.2, 0) is 6.54 Å². The van der Waals surface area contributed by atoms with Crippen LogP contribution in [0.4, 0.5) is 0 Å². The Bertz CT molecular complexity index is 889. The summed E-state index contributed by atoms with van der Waals surface area (Å²) in [4.78, 5) is 26.9. The Hall–Kier alpha value is -3.09. The van der Waals surface area contributed by atoms with Crippen LogP contribution in [0.2, 0.25) is 0 Å². The number of nitrogens with zero attached hydrogens (tertiary/aromatic N) is 4. The van der Waals surface area contributed by atoms with Gasteiger partial charge in [0.25, 0.3) is 5.56 Å². The number of aromatic nitrogens is 4. The molecule has 21 heavy (non-hydrogen) atoms. The summed E-state index contributed by atoms with van der Waals surface area (Å²) in [6.45, 7) is 0.138. The predicted octanol–water partition coefficient (Wildman–Crippen LogP) is 0.933. The molecule has 0 saturated carbocycles. The maximum absolute atomic E-state index is 12.3. The molecule has 1 N–H and O–H groups in total. The van der Waals surface area contributed by atoms with E-state index >= 15 is 0 Å². The van der Waals surface area contributed by atoms with E-state index in [4.69, 9.17) is 5.11 Å². The highest BCUT2D eigenvalue weighted by Gasteiger charge is 2.08. The van der Waals surface area contributed by atoms with Crippen LogP contribution in [0.3, 0.4) is 0 Å². The Kier molecular flexibility index (Phi) is 3.15. The number of hydrogen-bond acceptors (Lipinski definition) is 5. The Balaban J connectivity index is 2.02. The lowest BCUT2D eigenvalue weighted by Crippen LogP contribution is -2.24. The van der Waals surface area contributed by atoms with E-state index < -0.39 is 5.97 Å². The molecule has 0 aliphatic rings. The Morgan fingerprint density at radius 2 is 2.05 bits per heavy atom. The first kappa shape index (κ1) is 12.9. The van der Waals surface area contributed by atoms with Crippen molar-refractivity contribution >= 4 is 16.9 Å². The molecule has 2 aromatic heterocycles. The van der Waals surface area contributed by atoms with Gasteiger partial charge in [0, 0.05) is 6.20 Å². The number of hydrogen-bond donors (Lipinski definition) is 1. The van der Waals surface area contributed by atoms with Gasteiger partial charge >= 0.3 is 5.97 Å². The van der Waals surface area contributed by atoms with Crippen molar-refractivity contribution in [2.45, 2.75) is 6.54 Å². The van der Waals surface area contributed by atoms with Crippen LogP contribution in [0.5, 0.6) is 0 Å². The molecule has 7 nitrogen and oxygen atoms in total. The monoisotopic (exact) mass is 282 g/mol. The summed E-state index contributed by atoms with van der Waals surface area (Å²) in [5, 5.41) is 17.2. The van der Waals surface area contributed by atoms with Gasteiger partial charge in [-0.2, -0.15) is 0 Å². The lowest BCUT2D eigenvalue weighted by molar-refractivity contribution is 0.0690. The average molecular weight is 282 g/mol. The van der Waals surface area contributed by atoms with E-state index in [-0.39, 0.29) is 17.8 Å². The summed E-state index contributed by atoms with van der Waals surface area (Å²) in [5.41, 5.74) is 0.803. The SMILES string of the molecule is O=C(O)c1cc(Cn2nnc3ccccc3c2=O)ccn1. The lowest BCUT2D eigenvalue weighted by Gasteiger charge is -2.05. The molecule has 0 radical (unpaired) electrons. The number of aromatic carboxylic acids is 1. The topological polar surface area (TPSA) is 98.0 Å². The molecular weight excluding hydrogens is 272 g/mol. The molecule has 0 atom stereocenters. The zero-order chi connectivity index (χ0) is 14.8. The molecule has 0 unspecified atom stereocenters. The highest BCUT2D eigenvalue weighted by Crippen LogP contribution is 2.06. The van der Waals surface area contributed by atoms with Crippen molar-refractivity contribution in [3.05, 3.63) is 64.2 Å². The fraction of sp³-hybridized carbons (Fsp3) is 0.0714. The maximum atomic E-state index is 12.3. The van der Waals surface area contributed by atoms with Gasteiger partial charge in [-0.15, -0.1) is 5.10 Å². The number of fused-ring (bicyclic) bond motifs is 1. The lowest BCUT2D eigenvalue weighted by atomic mass is 10.2. The summed E-state index contributed by atoms with van der Waals surface area (Å²) in [5.74, 6) is -1.12. The second-order valence-corrected chi connectivity index (χ2v) is 4.42. The van der Waals surface area contributed by atoms with Crippen LogP contribution < -0.4 is 5.56 Å². The number of carboxylic acid groups (broad SMARTS) is 1. The van der Waals surface area contributed by atoms with Gasteiger partial charge in [0.2, 0.25) is 0 Å². The van der Waals surface area contributed by atoms with E-state index in [1.54, 1.807) is 30.3 Å². The first-order valence-electron chi connectivity index (χ1n) is 6.16. The van der Waals surface area contributed by atoms with Gasteiger partial charge in [0.1, 0.15) is 11.2 Å². The third-order valence-corrected chi connectivity index (χ3v) is 3.01. The summed E-state index contributed by atoms with van der Waals surface area (Å²) in [6, 6.07) is 9.97. The minimum Gasteiger partial charge on any atom is -0.477 e. The number of benzene rings is 1. The van der Waals surface area contributed by atoms with Gasteiger partial charge in [0.05, 0.1) is 11.9 Å². The molecule has 7 heteroatoms. The second kappa shape index (κ2) is 5.12. The Morgan fingerprint density at radius 1 is 1.24 bits per heavy atom. The van der Waals surface area contributed by atoms with Gasteiger partial charge in [-0.1, -0.05) is 17.3 Å². The van der Waals surface area contributed by atoms with E-state index in [9.17, 15) is 9.59 Å². The third kappa shape index (κ3) is 2.48. The normalized spacial score (nSPS) is 10.7. The fourth-order valence-electron chi connectivity index (χ4n) is 1.99. The number of pyridine rings is 1. The van der Waals surface area contributed by atoms with E-state index in [2.05, 4.69) is 15.3 Å². The molecule has 0 bridgehead atoms. The Labute approximate surface area is 118 Å². The molecule has 0 fully saturated rings. The van der Waals surface area contributed by atoms with Crippen molar-refractivity contribution in [2.24, 2.45) is 0 Å². The van der Waals surface area contributed by atoms with Crippen LogP contribution in [0, 0.1) is 0 Å². The first-order chi connectivity index (χ1) is 10.1. The minimum absolute atomic E-state index is 0.0747. The van der Waals surface area contributed by atoms with Crippen LogP contribution >= 0.6 is 0 Å². The minimum atomic E-state index is -1.12. The molecule has 0 aliphatic carbocycles. The van der Waals surface area contributed by atoms with Crippen molar-refractivity contribution < 1.29 is 9.90 Å². The average Bonchev–Trinajstić information content (AvgIpc) is 2.51. The fourth-order valence-corrected chi connectivity index (χ4v) is 1.99. The summed E-state index contributed by atoms with van der Waals surface area (Å²) in [7, 11) is 0. The second-order valence-electron chi connectivity index (χ2n) is 4.42. The van der Waals surface area contributed by atoms with Crippen LogP contribution in [0.25, 0.3) is 10.9 Å². The van der Waals surface area contributed by atoms with Crippen molar-refractivity contribution in [2.75, 3.05) is 0 Å². The Morgan fingerprint density at radius 3 is 2.86 bits per heavy atom. The largest absolute Gasteiger partial charge is 0.477 e. The molecule has 0 spiro atoms. The van der Waals surface area contributed by atoms with Crippen molar-refractivity contribution in [3.63, 3.8) is 0 Å². The zero-order valence-electron chi connectivity index (χ0n) is 10.8. The first-order valence-corrected chi connectivity index (χ1v) is 6.16. The maximum Gasteiger partial charge on any atom is 0.354 e. The summed E-state index contributed by atoms with van der Waals surface area (Å²) < 4.78 is 1.20. The smallest absolute Gasteiger partial charge is 0.354 e. The van der Waals surface area contributed by atoms with Crippen molar-refractivity contribution in [1.82, 2.24) is 20.0 Å². The number of carboxylic acids is 1. The molecule has 2 heterocycles. The van der Waals surface area contributed by atoms with Crippen molar-refractivity contribution in [1.29, 1.82) is 0 Å². The van der Waals surface area contributed by atoms with E-state index in [1.165, 1.54) is 16.9 Å². The van der Waals surface area contributed by atoms with Crippen LogP contribution in [-0.4, -0.2) is 31.1 Å². The zero-order valence-corrected chi connectivity index (χ0v) is 10.8. The molecule has 104 valence electrons. The van der Waals surface area contributed by atoms with Gasteiger partial charge in [-0.25, -0.2) is 14.5 Å². The number of carbonyl (C=O) groups is 1.